The predicted octanol–water partition coefficient (Wildman–Crippen LogP) is 3.37. The zero-order valence-electron chi connectivity index (χ0n) is 17.2. The maximum Gasteiger partial charge on any atom is 0.263 e. The molecule has 0 aliphatic carbocycles. The van der Waals surface area contributed by atoms with E-state index >= 15 is 0 Å². The van der Waals surface area contributed by atoms with Crippen molar-refractivity contribution < 1.29 is 23.8 Å². The van der Waals surface area contributed by atoms with Gasteiger partial charge in [0, 0.05) is 30.8 Å². The van der Waals surface area contributed by atoms with Crippen LogP contribution in [0, 0.1) is 12.8 Å². The number of hydrogen-bond donors (Lipinski definition) is 1. The highest BCUT2D eigenvalue weighted by atomic mass is 16.7. The van der Waals surface area contributed by atoms with E-state index in [1.807, 2.05) is 31.2 Å². The zero-order valence-corrected chi connectivity index (χ0v) is 17.2. The maximum absolute atomic E-state index is 12.7. The van der Waals surface area contributed by atoms with E-state index in [-0.39, 0.29) is 24.5 Å². The van der Waals surface area contributed by atoms with Gasteiger partial charge in [0.1, 0.15) is 5.75 Å². The third-order valence-corrected chi connectivity index (χ3v) is 5.50. The van der Waals surface area contributed by atoms with Crippen LogP contribution in [0.5, 0.6) is 17.2 Å². The molecule has 2 aromatic carbocycles. The minimum absolute atomic E-state index is 0.0371. The van der Waals surface area contributed by atoms with Gasteiger partial charge in [0.2, 0.25) is 12.7 Å². The molecule has 4 rings (SSSR count). The number of nitrogens with zero attached hydrogens (tertiary/aromatic N) is 1. The first-order valence-electron chi connectivity index (χ1n) is 10.2. The Morgan fingerprint density at radius 2 is 1.77 bits per heavy atom. The van der Waals surface area contributed by atoms with Gasteiger partial charge in [-0.15, -0.1) is 0 Å². The first-order chi connectivity index (χ1) is 14.5. The molecule has 7 heteroatoms. The van der Waals surface area contributed by atoms with E-state index in [0.29, 0.717) is 48.9 Å². The van der Waals surface area contributed by atoms with Gasteiger partial charge in [-0.1, -0.05) is 17.7 Å². The van der Waals surface area contributed by atoms with Gasteiger partial charge in [-0.05, 0) is 51.0 Å². The third-order valence-electron chi connectivity index (χ3n) is 5.50. The summed E-state index contributed by atoms with van der Waals surface area (Å²) >= 11 is 0. The quantitative estimate of drug-likeness (QED) is 0.818. The number of likely N-dealkylation sites (tertiary alicyclic amines) is 1. The van der Waals surface area contributed by atoms with Gasteiger partial charge < -0.3 is 24.4 Å². The Morgan fingerprint density at radius 3 is 2.50 bits per heavy atom. The van der Waals surface area contributed by atoms with Crippen LogP contribution in [-0.2, 0) is 9.59 Å². The molecule has 30 heavy (non-hydrogen) atoms. The minimum Gasteiger partial charge on any atom is -0.481 e. The number of amides is 2. The van der Waals surface area contributed by atoms with Crippen molar-refractivity contribution in [3.05, 3.63) is 48.0 Å². The number of fused-ring (bicyclic) bond motifs is 1. The predicted molar refractivity (Wildman–Crippen MR) is 112 cm³/mol. The Balaban J connectivity index is 1.27. The van der Waals surface area contributed by atoms with Crippen molar-refractivity contribution in [1.82, 2.24) is 4.90 Å². The van der Waals surface area contributed by atoms with Gasteiger partial charge in [0.15, 0.2) is 17.6 Å². The number of aryl methyl sites for hydroxylation is 1. The lowest BCUT2D eigenvalue weighted by Gasteiger charge is -2.33. The molecule has 0 spiro atoms. The molecule has 2 amide bonds. The molecule has 2 heterocycles. The topological polar surface area (TPSA) is 77.1 Å². The van der Waals surface area contributed by atoms with Crippen LogP contribution < -0.4 is 19.5 Å². The Kier molecular flexibility index (Phi) is 5.79. The summed E-state index contributed by atoms with van der Waals surface area (Å²) in [7, 11) is 0. The maximum atomic E-state index is 12.7. The molecule has 2 aliphatic rings. The molecule has 0 radical (unpaired) electrons. The summed E-state index contributed by atoms with van der Waals surface area (Å²) in [5.41, 5.74) is 1.82. The van der Waals surface area contributed by atoms with E-state index in [4.69, 9.17) is 14.2 Å². The van der Waals surface area contributed by atoms with Crippen LogP contribution in [-0.4, -0.2) is 42.7 Å². The van der Waals surface area contributed by atoms with Crippen molar-refractivity contribution in [2.45, 2.75) is 32.8 Å². The summed E-state index contributed by atoms with van der Waals surface area (Å²) in [5, 5.41) is 2.94. The summed E-state index contributed by atoms with van der Waals surface area (Å²) in [6.07, 6.45) is 0.686. The largest absolute Gasteiger partial charge is 0.481 e. The fourth-order valence-electron chi connectivity index (χ4n) is 3.71. The molecular formula is C23H26N2O5. The van der Waals surface area contributed by atoms with Crippen LogP contribution in [0.2, 0.25) is 0 Å². The van der Waals surface area contributed by atoms with Crippen LogP contribution in [0.25, 0.3) is 0 Å². The van der Waals surface area contributed by atoms with Crippen LogP contribution in [0.3, 0.4) is 0 Å². The number of ether oxygens (including phenoxy) is 3. The van der Waals surface area contributed by atoms with Crippen molar-refractivity contribution in [2.24, 2.45) is 5.92 Å². The van der Waals surface area contributed by atoms with Crippen molar-refractivity contribution in [3.8, 4) is 17.2 Å². The first kappa shape index (κ1) is 20.1. The highest BCUT2D eigenvalue weighted by molar-refractivity contribution is 5.93. The summed E-state index contributed by atoms with van der Waals surface area (Å²) < 4.78 is 16.4. The summed E-state index contributed by atoms with van der Waals surface area (Å²) in [6, 6.07) is 13.0. The first-order valence-corrected chi connectivity index (χ1v) is 10.2. The Hall–Kier alpha value is -3.22. The molecule has 2 aliphatic heterocycles. The average Bonchev–Trinajstić information content (AvgIpc) is 3.23. The normalized spacial score (nSPS) is 16.8. The molecule has 1 atom stereocenters. The van der Waals surface area contributed by atoms with Gasteiger partial charge >= 0.3 is 0 Å². The average molecular weight is 410 g/mol. The monoisotopic (exact) mass is 410 g/mol. The Bertz CT molecular complexity index is 920. The van der Waals surface area contributed by atoms with E-state index in [9.17, 15) is 9.59 Å². The second-order valence-electron chi connectivity index (χ2n) is 7.73. The number of nitrogens with one attached hydrogen (secondary N) is 1. The Morgan fingerprint density at radius 1 is 1.07 bits per heavy atom. The molecule has 0 saturated carbocycles. The number of hydrogen-bond acceptors (Lipinski definition) is 5. The highest BCUT2D eigenvalue weighted by Crippen LogP contribution is 2.34. The van der Waals surface area contributed by atoms with Gasteiger partial charge in [-0.3, -0.25) is 9.59 Å². The molecular weight excluding hydrogens is 384 g/mol. The van der Waals surface area contributed by atoms with Gasteiger partial charge in [0.05, 0.1) is 0 Å². The van der Waals surface area contributed by atoms with E-state index < -0.39 is 6.10 Å². The van der Waals surface area contributed by atoms with E-state index in [1.54, 1.807) is 30.0 Å². The number of carbonyl (C=O) groups is 2. The molecule has 0 aromatic heterocycles. The molecule has 0 bridgehead atoms. The van der Waals surface area contributed by atoms with Crippen LogP contribution in [0.1, 0.15) is 25.3 Å². The molecule has 2 aromatic rings. The fraction of sp³-hybridized carbons (Fsp3) is 0.391. The van der Waals surface area contributed by atoms with Crippen LogP contribution in [0.4, 0.5) is 5.69 Å². The van der Waals surface area contributed by atoms with E-state index in [1.165, 1.54) is 0 Å². The molecule has 158 valence electrons. The summed E-state index contributed by atoms with van der Waals surface area (Å²) in [5.74, 6) is 1.78. The molecule has 7 nitrogen and oxygen atoms in total. The molecule has 1 fully saturated rings. The minimum atomic E-state index is -0.563. The zero-order chi connectivity index (χ0) is 21.1. The molecule has 1 saturated heterocycles. The number of carbonyl (C=O) groups excluding carboxylic acids is 2. The SMILES string of the molecule is Cc1ccc(OC(C)C(=O)N2CCC(C(=O)Nc3ccc4c(c3)OCO4)CC2)cc1. The number of benzene rings is 2. The lowest BCUT2D eigenvalue weighted by molar-refractivity contribution is -0.140. The Labute approximate surface area is 175 Å². The van der Waals surface area contributed by atoms with Crippen LogP contribution in [0.15, 0.2) is 42.5 Å². The van der Waals surface area contributed by atoms with Crippen molar-refractivity contribution >= 4 is 17.5 Å². The second-order valence-corrected chi connectivity index (χ2v) is 7.73. The van der Waals surface area contributed by atoms with Crippen molar-refractivity contribution in [1.29, 1.82) is 0 Å². The standard InChI is InChI=1S/C23H26N2O5/c1-15-3-6-19(7-4-15)30-16(2)23(27)25-11-9-17(10-12-25)22(26)24-18-5-8-20-21(13-18)29-14-28-20/h3-8,13,16-17H,9-12,14H2,1-2H3,(H,24,26). The smallest absolute Gasteiger partial charge is 0.263 e. The highest BCUT2D eigenvalue weighted by Gasteiger charge is 2.30. The third kappa shape index (κ3) is 4.50. The van der Waals surface area contributed by atoms with Crippen LogP contribution >= 0.6 is 0 Å². The molecule has 1 unspecified atom stereocenters. The number of rotatable bonds is 5. The van der Waals surface area contributed by atoms with Crippen molar-refractivity contribution in [2.75, 3.05) is 25.2 Å². The summed E-state index contributed by atoms with van der Waals surface area (Å²) in [4.78, 5) is 27.1. The van der Waals surface area contributed by atoms with Crippen molar-refractivity contribution in [3.63, 3.8) is 0 Å². The lowest BCUT2D eigenvalue weighted by atomic mass is 9.95. The van der Waals surface area contributed by atoms with E-state index in [2.05, 4.69) is 5.32 Å². The number of anilines is 1. The molecule has 1 N–H and O–H groups in total. The second kappa shape index (κ2) is 8.65. The number of piperidine rings is 1. The summed E-state index contributed by atoms with van der Waals surface area (Å²) in [6.45, 7) is 5.05. The fourth-order valence-corrected chi connectivity index (χ4v) is 3.71. The van der Waals surface area contributed by atoms with E-state index in [0.717, 1.165) is 5.56 Å². The van der Waals surface area contributed by atoms with Gasteiger partial charge in [-0.2, -0.15) is 0 Å². The van der Waals surface area contributed by atoms with Gasteiger partial charge in [-0.25, -0.2) is 0 Å². The van der Waals surface area contributed by atoms with Gasteiger partial charge in [0.25, 0.3) is 5.91 Å². The lowest BCUT2D eigenvalue weighted by Crippen LogP contribution is -2.46.